The van der Waals surface area contributed by atoms with Crippen LogP contribution in [0.1, 0.15) is 39.2 Å². The predicted molar refractivity (Wildman–Crippen MR) is 130 cm³/mol. The SMILES string of the molecule is CC(=O)OC(C)(C)C(=O)N1C2CC(C2)C(NS(=O)(=O)CF)C1Cc1cccc(-c2cc(F)cc(F)c2)c1F. The lowest BCUT2D eigenvalue weighted by Gasteiger charge is -2.59. The number of esters is 1. The van der Waals surface area contributed by atoms with E-state index in [2.05, 4.69) is 4.72 Å². The van der Waals surface area contributed by atoms with Gasteiger partial charge in [0.25, 0.3) is 5.91 Å². The van der Waals surface area contributed by atoms with Gasteiger partial charge in [-0.1, -0.05) is 18.2 Å². The number of ether oxygens (including phenoxy) is 1. The third kappa shape index (κ3) is 5.56. The molecular weight excluding hydrogens is 528 g/mol. The summed E-state index contributed by atoms with van der Waals surface area (Å²) in [5, 5.41) is 0. The van der Waals surface area contributed by atoms with Crippen LogP contribution in [0.25, 0.3) is 11.1 Å². The van der Waals surface area contributed by atoms with E-state index in [4.69, 9.17) is 4.74 Å². The number of rotatable bonds is 8. The van der Waals surface area contributed by atoms with Gasteiger partial charge in [0.1, 0.15) is 17.5 Å². The first-order chi connectivity index (χ1) is 17.7. The topological polar surface area (TPSA) is 92.8 Å². The number of alkyl halides is 1. The molecule has 1 aliphatic carbocycles. The van der Waals surface area contributed by atoms with Gasteiger partial charge in [0.15, 0.2) is 5.60 Å². The molecule has 1 amide bonds. The molecule has 38 heavy (non-hydrogen) atoms. The van der Waals surface area contributed by atoms with E-state index in [1.54, 1.807) is 0 Å². The molecule has 0 aromatic heterocycles. The summed E-state index contributed by atoms with van der Waals surface area (Å²) in [4.78, 5) is 26.7. The number of amides is 1. The largest absolute Gasteiger partial charge is 0.450 e. The summed E-state index contributed by atoms with van der Waals surface area (Å²) in [6, 6.07) is 3.00. The van der Waals surface area contributed by atoms with Crippen LogP contribution in [-0.2, 0) is 30.8 Å². The molecule has 2 bridgehead atoms. The Kier molecular flexibility index (Phi) is 7.59. The van der Waals surface area contributed by atoms with Crippen molar-refractivity contribution < 1.29 is 40.3 Å². The normalized spacial score (nSPS) is 23.1. The lowest BCUT2D eigenvalue weighted by atomic mass is 9.66. The Morgan fingerprint density at radius 2 is 1.74 bits per heavy atom. The van der Waals surface area contributed by atoms with Gasteiger partial charge in [-0.2, -0.15) is 0 Å². The minimum Gasteiger partial charge on any atom is -0.450 e. The Labute approximate surface area is 218 Å². The number of nitrogens with one attached hydrogen (secondary N) is 1. The van der Waals surface area contributed by atoms with Crippen LogP contribution in [-0.4, -0.2) is 54.9 Å². The van der Waals surface area contributed by atoms with Gasteiger partial charge >= 0.3 is 5.97 Å². The summed E-state index contributed by atoms with van der Waals surface area (Å²) in [5.41, 5.74) is -1.66. The van der Waals surface area contributed by atoms with Crippen molar-refractivity contribution in [1.29, 1.82) is 0 Å². The summed E-state index contributed by atoms with van der Waals surface area (Å²) < 4.78 is 88.6. The number of sulfonamides is 1. The molecule has 0 spiro atoms. The number of hydrogen-bond acceptors (Lipinski definition) is 5. The summed E-state index contributed by atoms with van der Waals surface area (Å²) in [5.74, 6) is -4.09. The number of hydrogen-bond donors (Lipinski definition) is 1. The van der Waals surface area contributed by atoms with Crippen LogP contribution in [0.5, 0.6) is 0 Å². The minimum atomic E-state index is -4.34. The molecule has 206 valence electrons. The Hall–Kier alpha value is -2.99. The molecule has 2 saturated heterocycles. The van der Waals surface area contributed by atoms with Crippen LogP contribution < -0.4 is 4.72 Å². The van der Waals surface area contributed by atoms with Crippen molar-refractivity contribution in [3.05, 3.63) is 59.4 Å². The third-order valence-electron chi connectivity index (χ3n) is 7.11. The number of halogens is 4. The van der Waals surface area contributed by atoms with Gasteiger partial charge in [0, 0.05) is 30.6 Å². The van der Waals surface area contributed by atoms with Gasteiger partial charge in [-0.25, -0.2) is 30.7 Å². The monoisotopic (exact) mass is 556 g/mol. The molecule has 7 nitrogen and oxygen atoms in total. The van der Waals surface area contributed by atoms with E-state index in [1.807, 2.05) is 0 Å². The molecule has 2 unspecified atom stereocenters. The molecule has 3 fully saturated rings. The van der Waals surface area contributed by atoms with E-state index in [-0.39, 0.29) is 35.1 Å². The van der Waals surface area contributed by atoms with Crippen LogP contribution in [0.3, 0.4) is 0 Å². The van der Waals surface area contributed by atoms with Gasteiger partial charge in [0.05, 0.1) is 6.04 Å². The van der Waals surface area contributed by atoms with Gasteiger partial charge in [-0.3, -0.25) is 9.59 Å². The fourth-order valence-corrected chi connectivity index (χ4v) is 6.30. The van der Waals surface area contributed by atoms with Crippen LogP contribution in [0.4, 0.5) is 17.6 Å². The average Bonchev–Trinajstić information content (AvgIpc) is 2.78. The number of benzene rings is 2. The molecule has 0 radical (unpaired) electrons. The van der Waals surface area contributed by atoms with E-state index in [1.165, 1.54) is 36.9 Å². The van der Waals surface area contributed by atoms with Crippen LogP contribution in [0.15, 0.2) is 36.4 Å². The predicted octanol–water partition coefficient (Wildman–Crippen LogP) is 3.86. The first kappa shape index (κ1) is 28.0. The molecule has 2 heterocycles. The van der Waals surface area contributed by atoms with Crippen LogP contribution in [0, 0.1) is 23.4 Å². The molecule has 1 N–H and O–H groups in total. The molecule has 1 saturated carbocycles. The van der Waals surface area contributed by atoms with Crippen molar-refractivity contribution in [2.24, 2.45) is 5.92 Å². The number of carbonyl (C=O) groups is 2. The second-order valence-corrected chi connectivity index (χ2v) is 12.0. The van der Waals surface area contributed by atoms with Crippen LogP contribution in [0.2, 0.25) is 0 Å². The molecule has 3 aliphatic rings. The molecule has 12 heteroatoms. The van der Waals surface area contributed by atoms with E-state index in [9.17, 15) is 31.2 Å². The van der Waals surface area contributed by atoms with Gasteiger partial charge in [-0.15, -0.1) is 0 Å². The standard InChI is InChI=1S/C26H28F4N2O5S/c1-14(33)37-26(2,3)25(34)32-20-9-17(10-20)24(31-38(35,36)13-27)22(32)11-15-5-4-6-21(23(15)30)16-7-18(28)12-19(29)8-16/h4-8,12,17,20,22,24,31H,9-11,13H2,1-3H3. The first-order valence-corrected chi connectivity index (χ1v) is 13.7. The number of piperidine rings is 2. The molecule has 2 atom stereocenters. The zero-order chi connectivity index (χ0) is 28.0. The van der Waals surface area contributed by atoms with Crippen LogP contribution >= 0.6 is 0 Å². The molecule has 2 aromatic rings. The lowest BCUT2D eigenvalue weighted by molar-refractivity contribution is -0.179. The smallest absolute Gasteiger partial charge is 0.303 e. The number of nitrogens with zero attached hydrogens (tertiary/aromatic N) is 1. The highest BCUT2D eigenvalue weighted by molar-refractivity contribution is 7.89. The fraction of sp³-hybridized carbons (Fsp3) is 0.462. The summed E-state index contributed by atoms with van der Waals surface area (Å²) >= 11 is 0. The Balaban J connectivity index is 1.76. The van der Waals surface area contributed by atoms with Crippen molar-refractivity contribution in [2.45, 2.75) is 63.8 Å². The number of carbonyl (C=O) groups excluding carboxylic acids is 2. The van der Waals surface area contributed by atoms with Crippen molar-refractivity contribution in [3.63, 3.8) is 0 Å². The van der Waals surface area contributed by atoms with Crippen molar-refractivity contribution in [3.8, 4) is 11.1 Å². The van der Waals surface area contributed by atoms with E-state index >= 15 is 4.39 Å². The Morgan fingerprint density at radius 3 is 2.32 bits per heavy atom. The summed E-state index contributed by atoms with van der Waals surface area (Å²) in [7, 11) is -4.34. The first-order valence-electron chi connectivity index (χ1n) is 12.0. The third-order valence-corrected chi connectivity index (χ3v) is 8.03. The van der Waals surface area contributed by atoms with Crippen molar-refractivity contribution in [2.75, 3.05) is 6.01 Å². The molecule has 5 rings (SSSR count). The highest BCUT2D eigenvalue weighted by Crippen LogP contribution is 2.45. The quantitative estimate of drug-likeness (QED) is 0.394. The second-order valence-electron chi connectivity index (χ2n) is 10.3. The Bertz CT molecular complexity index is 1340. The van der Waals surface area contributed by atoms with E-state index in [0.29, 0.717) is 18.9 Å². The maximum Gasteiger partial charge on any atom is 0.303 e. The van der Waals surface area contributed by atoms with Gasteiger partial charge in [0.2, 0.25) is 16.0 Å². The highest BCUT2D eigenvalue weighted by Gasteiger charge is 2.55. The maximum atomic E-state index is 15.7. The minimum absolute atomic E-state index is 0.0352. The highest BCUT2D eigenvalue weighted by atomic mass is 32.2. The summed E-state index contributed by atoms with van der Waals surface area (Å²) in [6.07, 6.45) is 0.678. The van der Waals surface area contributed by atoms with Crippen molar-refractivity contribution in [1.82, 2.24) is 9.62 Å². The van der Waals surface area contributed by atoms with Gasteiger partial charge in [-0.05, 0) is 62.3 Å². The van der Waals surface area contributed by atoms with E-state index in [0.717, 1.165) is 19.1 Å². The second kappa shape index (κ2) is 10.3. The molecular formula is C26H28F4N2O5S. The number of fused-ring (bicyclic) bond motifs is 2. The molecule has 2 aromatic carbocycles. The lowest BCUT2D eigenvalue weighted by Crippen LogP contribution is -2.72. The maximum absolute atomic E-state index is 15.7. The molecule has 2 aliphatic heterocycles. The fourth-order valence-electron chi connectivity index (χ4n) is 5.47. The summed E-state index contributed by atoms with van der Waals surface area (Å²) in [6.45, 7) is 3.95. The average molecular weight is 557 g/mol. The zero-order valence-electron chi connectivity index (χ0n) is 21.0. The van der Waals surface area contributed by atoms with Crippen molar-refractivity contribution >= 4 is 21.9 Å². The Morgan fingerprint density at radius 1 is 1.11 bits per heavy atom. The van der Waals surface area contributed by atoms with E-state index < -0.39 is 63.0 Å². The van der Waals surface area contributed by atoms with Gasteiger partial charge < -0.3 is 9.64 Å². The zero-order valence-corrected chi connectivity index (χ0v) is 21.8.